The summed E-state index contributed by atoms with van der Waals surface area (Å²) in [6.45, 7) is 10.3. The van der Waals surface area contributed by atoms with Crippen molar-refractivity contribution in [1.82, 2.24) is 10.2 Å². The molecule has 1 atom stereocenters. The van der Waals surface area contributed by atoms with Crippen LogP contribution in [0.25, 0.3) is 0 Å². The Morgan fingerprint density at radius 1 is 1.15 bits per heavy atom. The van der Waals surface area contributed by atoms with Crippen molar-refractivity contribution in [3.63, 3.8) is 0 Å². The highest BCUT2D eigenvalue weighted by Gasteiger charge is 2.12. The Morgan fingerprint density at radius 3 is 2.40 bits per heavy atom. The lowest BCUT2D eigenvalue weighted by molar-refractivity contribution is 0.287. The molecule has 1 unspecified atom stereocenters. The first-order valence-corrected chi connectivity index (χ1v) is 7.85. The number of rotatable bonds is 10. The summed E-state index contributed by atoms with van der Waals surface area (Å²) in [6.07, 6.45) is 2.51. The highest BCUT2D eigenvalue weighted by Crippen LogP contribution is 2.19. The molecule has 0 aliphatic heterocycles. The van der Waals surface area contributed by atoms with Crippen LogP contribution in [0.5, 0.6) is 5.75 Å². The number of benzene rings is 1. The Bertz CT molecular complexity index is 351. The molecular formula is C17H30N2O. The van der Waals surface area contributed by atoms with Crippen LogP contribution in [0.3, 0.4) is 0 Å². The van der Waals surface area contributed by atoms with Crippen LogP contribution in [0.15, 0.2) is 24.3 Å². The maximum atomic E-state index is 5.50. The number of unbranched alkanes of at least 4 members (excludes halogenated alkanes) is 1. The van der Waals surface area contributed by atoms with Gasteiger partial charge in [-0.15, -0.1) is 0 Å². The zero-order valence-electron chi connectivity index (χ0n) is 13.5. The van der Waals surface area contributed by atoms with E-state index in [0.717, 1.165) is 32.0 Å². The molecule has 3 nitrogen and oxygen atoms in total. The molecule has 1 aromatic rings. The molecule has 20 heavy (non-hydrogen) atoms. The second-order valence-electron chi connectivity index (χ2n) is 5.23. The van der Waals surface area contributed by atoms with Gasteiger partial charge in [0.1, 0.15) is 5.75 Å². The fraction of sp³-hybridized carbons (Fsp3) is 0.647. The average molecular weight is 278 g/mol. The SMILES string of the molecule is CCCCN(C)CC(NCC)c1ccc(OCC)cc1. The van der Waals surface area contributed by atoms with Crippen LogP contribution in [0, 0.1) is 0 Å². The van der Waals surface area contributed by atoms with E-state index in [9.17, 15) is 0 Å². The van der Waals surface area contributed by atoms with Crippen molar-refractivity contribution in [2.45, 2.75) is 39.7 Å². The van der Waals surface area contributed by atoms with Gasteiger partial charge in [0.2, 0.25) is 0 Å². The maximum Gasteiger partial charge on any atom is 0.119 e. The Labute approximate surface area is 124 Å². The molecule has 1 N–H and O–H groups in total. The monoisotopic (exact) mass is 278 g/mol. The number of hydrogen-bond donors (Lipinski definition) is 1. The number of nitrogens with zero attached hydrogens (tertiary/aromatic N) is 1. The summed E-state index contributed by atoms with van der Waals surface area (Å²) in [4.78, 5) is 2.41. The first-order chi connectivity index (χ1) is 9.71. The normalized spacial score (nSPS) is 12.7. The molecule has 3 heteroatoms. The van der Waals surface area contributed by atoms with E-state index in [2.05, 4.69) is 55.4 Å². The van der Waals surface area contributed by atoms with Gasteiger partial charge in [0.05, 0.1) is 6.61 Å². The van der Waals surface area contributed by atoms with Crippen LogP contribution in [-0.2, 0) is 0 Å². The third-order valence-corrected chi connectivity index (χ3v) is 3.43. The van der Waals surface area contributed by atoms with Gasteiger partial charge >= 0.3 is 0 Å². The van der Waals surface area contributed by atoms with Gasteiger partial charge in [0.25, 0.3) is 0 Å². The molecule has 0 spiro atoms. The molecule has 0 fully saturated rings. The average Bonchev–Trinajstić information content (AvgIpc) is 2.46. The van der Waals surface area contributed by atoms with E-state index in [4.69, 9.17) is 4.74 Å². The van der Waals surface area contributed by atoms with Crippen LogP contribution in [0.2, 0.25) is 0 Å². The second kappa shape index (κ2) is 9.78. The van der Waals surface area contributed by atoms with Crippen molar-refractivity contribution in [3.05, 3.63) is 29.8 Å². The quantitative estimate of drug-likeness (QED) is 0.709. The van der Waals surface area contributed by atoms with Gasteiger partial charge in [-0.25, -0.2) is 0 Å². The van der Waals surface area contributed by atoms with Gasteiger partial charge in [0.15, 0.2) is 0 Å². The van der Waals surface area contributed by atoms with Crippen molar-refractivity contribution in [1.29, 1.82) is 0 Å². The van der Waals surface area contributed by atoms with E-state index >= 15 is 0 Å². The van der Waals surface area contributed by atoms with Gasteiger partial charge in [-0.3, -0.25) is 0 Å². The van der Waals surface area contributed by atoms with E-state index in [1.165, 1.54) is 18.4 Å². The minimum absolute atomic E-state index is 0.387. The van der Waals surface area contributed by atoms with Crippen LogP contribution >= 0.6 is 0 Å². The smallest absolute Gasteiger partial charge is 0.119 e. The Kier molecular flexibility index (Phi) is 8.31. The Morgan fingerprint density at radius 2 is 1.85 bits per heavy atom. The molecule has 1 rings (SSSR count). The highest BCUT2D eigenvalue weighted by molar-refractivity contribution is 5.29. The van der Waals surface area contributed by atoms with E-state index < -0.39 is 0 Å². The van der Waals surface area contributed by atoms with E-state index in [1.807, 2.05) is 6.92 Å². The lowest BCUT2D eigenvalue weighted by Gasteiger charge is -2.25. The molecule has 114 valence electrons. The largest absolute Gasteiger partial charge is 0.494 e. The number of hydrogen-bond acceptors (Lipinski definition) is 3. The first-order valence-electron chi connectivity index (χ1n) is 7.85. The molecule has 0 bridgehead atoms. The summed E-state index contributed by atoms with van der Waals surface area (Å²) < 4.78 is 5.50. The molecule has 0 aliphatic rings. The molecule has 0 aromatic heterocycles. The lowest BCUT2D eigenvalue weighted by atomic mass is 10.1. The van der Waals surface area contributed by atoms with Gasteiger partial charge in [-0.2, -0.15) is 0 Å². The summed E-state index contributed by atoms with van der Waals surface area (Å²) in [5.41, 5.74) is 1.33. The minimum Gasteiger partial charge on any atom is -0.494 e. The molecule has 0 amide bonds. The van der Waals surface area contributed by atoms with Crippen molar-refractivity contribution >= 4 is 0 Å². The third kappa shape index (κ3) is 5.93. The van der Waals surface area contributed by atoms with Crippen LogP contribution < -0.4 is 10.1 Å². The molecule has 0 aliphatic carbocycles. The van der Waals surface area contributed by atoms with Gasteiger partial charge in [-0.05, 0) is 51.2 Å². The molecule has 0 heterocycles. The number of likely N-dealkylation sites (N-methyl/N-ethyl adjacent to an activating group) is 2. The molecule has 1 aromatic carbocycles. The summed E-state index contributed by atoms with van der Waals surface area (Å²) in [5.74, 6) is 0.950. The van der Waals surface area contributed by atoms with E-state index in [1.54, 1.807) is 0 Å². The topological polar surface area (TPSA) is 24.5 Å². The highest BCUT2D eigenvalue weighted by atomic mass is 16.5. The summed E-state index contributed by atoms with van der Waals surface area (Å²) in [5, 5.41) is 3.58. The van der Waals surface area contributed by atoms with Crippen LogP contribution in [0.4, 0.5) is 0 Å². The number of ether oxygens (including phenoxy) is 1. The van der Waals surface area contributed by atoms with Gasteiger partial charge < -0.3 is 15.0 Å². The summed E-state index contributed by atoms with van der Waals surface area (Å²) >= 11 is 0. The molecule has 0 saturated carbocycles. The Balaban J connectivity index is 2.64. The zero-order chi connectivity index (χ0) is 14.8. The predicted molar refractivity (Wildman–Crippen MR) is 86.4 cm³/mol. The van der Waals surface area contributed by atoms with Crippen LogP contribution in [-0.4, -0.2) is 38.2 Å². The Hall–Kier alpha value is -1.06. The van der Waals surface area contributed by atoms with Crippen molar-refractivity contribution in [3.8, 4) is 5.75 Å². The van der Waals surface area contributed by atoms with Crippen LogP contribution in [0.1, 0.15) is 45.2 Å². The fourth-order valence-electron chi connectivity index (χ4n) is 2.33. The van der Waals surface area contributed by atoms with Gasteiger partial charge in [-0.1, -0.05) is 32.4 Å². The third-order valence-electron chi connectivity index (χ3n) is 3.43. The molecular weight excluding hydrogens is 248 g/mol. The standard InChI is InChI=1S/C17H30N2O/c1-5-8-13-19(4)14-17(18-6-2)15-9-11-16(12-10-15)20-7-3/h9-12,17-18H,5-8,13-14H2,1-4H3. The van der Waals surface area contributed by atoms with Crippen molar-refractivity contribution < 1.29 is 4.74 Å². The van der Waals surface area contributed by atoms with Crippen molar-refractivity contribution in [2.24, 2.45) is 0 Å². The van der Waals surface area contributed by atoms with E-state index in [-0.39, 0.29) is 0 Å². The first kappa shape index (κ1) is 17.0. The maximum absolute atomic E-state index is 5.50. The minimum atomic E-state index is 0.387. The summed E-state index contributed by atoms with van der Waals surface area (Å²) in [6, 6.07) is 8.86. The van der Waals surface area contributed by atoms with E-state index in [0.29, 0.717) is 6.04 Å². The summed E-state index contributed by atoms with van der Waals surface area (Å²) in [7, 11) is 2.20. The van der Waals surface area contributed by atoms with Crippen molar-refractivity contribution in [2.75, 3.05) is 33.3 Å². The predicted octanol–water partition coefficient (Wildman–Crippen LogP) is 3.47. The van der Waals surface area contributed by atoms with Gasteiger partial charge in [0, 0.05) is 12.6 Å². The molecule has 0 saturated heterocycles. The zero-order valence-corrected chi connectivity index (χ0v) is 13.5. The fourth-order valence-corrected chi connectivity index (χ4v) is 2.33. The second-order valence-corrected chi connectivity index (χ2v) is 5.23. The number of nitrogens with one attached hydrogen (secondary N) is 1. The molecule has 0 radical (unpaired) electrons. The lowest BCUT2D eigenvalue weighted by Crippen LogP contribution is -2.33.